The number of methoxy groups -OCH3 is 3. The lowest BCUT2D eigenvalue weighted by Crippen LogP contribution is -2.34. The molecule has 1 N–H and O–H groups in total. The van der Waals surface area contributed by atoms with Gasteiger partial charge in [-0.3, -0.25) is 0 Å². The Bertz CT molecular complexity index is 828. The molecule has 0 aromatic heterocycles. The molecule has 0 radical (unpaired) electrons. The number of rotatable bonds is 5. The van der Waals surface area contributed by atoms with Crippen LogP contribution in [0.25, 0.3) is 0 Å². The SMILES string of the molecule is COc1ccc(OC)c(C2CCCN2C(=O)Nc2ccc(OC)c(F)c2)c1. The summed E-state index contributed by atoms with van der Waals surface area (Å²) in [5.41, 5.74) is 1.27. The van der Waals surface area contributed by atoms with Crippen LogP contribution >= 0.6 is 0 Å². The maximum atomic E-state index is 13.9. The molecule has 0 saturated carbocycles. The molecule has 0 bridgehead atoms. The lowest BCUT2D eigenvalue weighted by Gasteiger charge is -2.27. The van der Waals surface area contributed by atoms with Gasteiger partial charge in [0.15, 0.2) is 11.6 Å². The third-order valence-electron chi connectivity index (χ3n) is 4.71. The summed E-state index contributed by atoms with van der Waals surface area (Å²) in [6, 6.07) is 9.46. The van der Waals surface area contributed by atoms with Crippen LogP contribution in [0.5, 0.6) is 17.2 Å². The summed E-state index contributed by atoms with van der Waals surface area (Å²) in [6.45, 7) is 0.607. The minimum atomic E-state index is -0.525. The van der Waals surface area contributed by atoms with Crippen LogP contribution in [0.4, 0.5) is 14.9 Å². The van der Waals surface area contributed by atoms with Crippen molar-refractivity contribution >= 4 is 11.7 Å². The van der Waals surface area contributed by atoms with Crippen molar-refractivity contribution in [2.75, 3.05) is 33.2 Å². The van der Waals surface area contributed by atoms with Gasteiger partial charge in [-0.05, 0) is 43.2 Å². The molecule has 27 heavy (non-hydrogen) atoms. The molecule has 1 fully saturated rings. The van der Waals surface area contributed by atoms with Gasteiger partial charge in [0.05, 0.1) is 27.4 Å². The molecule has 2 aromatic rings. The highest BCUT2D eigenvalue weighted by atomic mass is 19.1. The third-order valence-corrected chi connectivity index (χ3v) is 4.71. The van der Waals surface area contributed by atoms with E-state index < -0.39 is 5.82 Å². The normalized spacial score (nSPS) is 16.1. The first-order valence-corrected chi connectivity index (χ1v) is 8.70. The average Bonchev–Trinajstić information content (AvgIpc) is 3.17. The van der Waals surface area contributed by atoms with Gasteiger partial charge in [0.1, 0.15) is 11.5 Å². The van der Waals surface area contributed by atoms with Gasteiger partial charge in [-0.15, -0.1) is 0 Å². The molecule has 0 spiro atoms. The fraction of sp³-hybridized carbons (Fsp3) is 0.350. The van der Waals surface area contributed by atoms with Gasteiger partial charge >= 0.3 is 6.03 Å². The maximum absolute atomic E-state index is 13.9. The zero-order valence-electron chi connectivity index (χ0n) is 15.6. The van der Waals surface area contributed by atoms with Crippen molar-refractivity contribution in [1.82, 2.24) is 4.90 Å². The number of hydrogen-bond donors (Lipinski definition) is 1. The Labute approximate surface area is 157 Å². The Morgan fingerprint density at radius 3 is 2.48 bits per heavy atom. The van der Waals surface area contributed by atoms with Crippen molar-refractivity contribution in [3.63, 3.8) is 0 Å². The van der Waals surface area contributed by atoms with Crippen LogP contribution in [0.2, 0.25) is 0 Å². The van der Waals surface area contributed by atoms with E-state index >= 15 is 0 Å². The number of carbonyl (C=O) groups is 1. The van der Waals surface area contributed by atoms with Crippen LogP contribution in [0.1, 0.15) is 24.4 Å². The van der Waals surface area contributed by atoms with Crippen LogP contribution in [0.3, 0.4) is 0 Å². The van der Waals surface area contributed by atoms with E-state index in [1.54, 1.807) is 25.2 Å². The van der Waals surface area contributed by atoms with Crippen molar-refractivity contribution in [3.05, 3.63) is 47.8 Å². The summed E-state index contributed by atoms with van der Waals surface area (Å²) in [4.78, 5) is 14.5. The number of hydrogen-bond acceptors (Lipinski definition) is 4. The number of anilines is 1. The number of nitrogens with zero attached hydrogens (tertiary/aromatic N) is 1. The van der Waals surface area contributed by atoms with Gasteiger partial charge in [-0.25, -0.2) is 9.18 Å². The fourth-order valence-electron chi connectivity index (χ4n) is 3.37. The molecule has 3 rings (SSSR count). The Hall–Kier alpha value is -2.96. The van der Waals surface area contributed by atoms with E-state index in [0.29, 0.717) is 23.7 Å². The second kappa shape index (κ2) is 8.16. The highest BCUT2D eigenvalue weighted by Gasteiger charge is 2.32. The molecule has 1 unspecified atom stereocenters. The number of benzene rings is 2. The van der Waals surface area contributed by atoms with Crippen LogP contribution in [0, 0.1) is 5.82 Å². The van der Waals surface area contributed by atoms with Crippen molar-refractivity contribution < 1.29 is 23.4 Å². The molecule has 6 nitrogen and oxygen atoms in total. The van der Waals surface area contributed by atoms with E-state index in [9.17, 15) is 9.18 Å². The first-order valence-electron chi connectivity index (χ1n) is 8.70. The molecule has 1 aliphatic heterocycles. The highest BCUT2D eigenvalue weighted by Crippen LogP contribution is 2.39. The number of likely N-dealkylation sites (tertiary alicyclic amines) is 1. The first kappa shape index (κ1) is 18.8. The highest BCUT2D eigenvalue weighted by molar-refractivity contribution is 5.90. The average molecular weight is 374 g/mol. The smallest absolute Gasteiger partial charge is 0.322 e. The monoisotopic (exact) mass is 374 g/mol. The summed E-state index contributed by atoms with van der Waals surface area (Å²) in [5.74, 6) is 1.02. The number of amides is 2. The Morgan fingerprint density at radius 2 is 1.81 bits per heavy atom. The minimum Gasteiger partial charge on any atom is -0.497 e. The minimum absolute atomic E-state index is 0.133. The zero-order chi connectivity index (χ0) is 19.4. The van der Waals surface area contributed by atoms with Crippen LogP contribution in [-0.2, 0) is 0 Å². The topological polar surface area (TPSA) is 60.0 Å². The van der Waals surface area contributed by atoms with Gasteiger partial charge in [0.2, 0.25) is 0 Å². The molecule has 2 aromatic carbocycles. The van der Waals surface area contributed by atoms with E-state index in [0.717, 1.165) is 18.4 Å². The molecule has 7 heteroatoms. The van der Waals surface area contributed by atoms with Crippen molar-refractivity contribution in [2.24, 2.45) is 0 Å². The largest absolute Gasteiger partial charge is 0.497 e. The van der Waals surface area contributed by atoms with E-state index in [4.69, 9.17) is 14.2 Å². The molecule has 1 saturated heterocycles. The molecule has 2 amide bonds. The quantitative estimate of drug-likeness (QED) is 0.851. The molecule has 1 aliphatic rings. The standard InChI is InChI=1S/C20H23FN2O4/c1-25-14-7-9-18(26-2)15(12-14)17-5-4-10-23(17)20(24)22-13-6-8-19(27-3)16(21)11-13/h6-9,11-12,17H,4-5,10H2,1-3H3,(H,22,24). The summed E-state index contributed by atoms with van der Waals surface area (Å²) in [7, 11) is 4.60. The zero-order valence-corrected chi connectivity index (χ0v) is 15.6. The molecule has 1 atom stereocenters. The maximum Gasteiger partial charge on any atom is 0.322 e. The lowest BCUT2D eigenvalue weighted by molar-refractivity contribution is 0.206. The first-order chi connectivity index (χ1) is 13.1. The number of nitrogens with one attached hydrogen (secondary N) is 1. The number of ether oxygens (including phenoxy) is 3. The molecule has 0 aliphatic carbocycles. The summed E-state index contributed by atoms with van der Waals surface area (Å²) < 4.78 is 29.6. The summed E-state index contributed by atoms with van der Waals surface area (Å²) in [6.07, 6.45) is 1.68. The van der Waals surface area contributed by atoms with Gasteiger partial charge in [-0.2, -0.15) is 0 Å². The van der Waals surface area contributed by atoms with Crippen LogP contribution in [0.15, 0.2) is 36.4 Å². The lowest BCUT2D eigenvalue weighted by atomic mass is 10.0. The molecular formula is C20H23FN2O4. The molecule has 144 valence electrons. The third kappa shape index (κ3) is 3.92. The van der Waals surface area contributed by atoms with Gasteiger partial charge in [0.25, 0.3) is 0 Å². The number of carbonyl (C=O) groups excluding carboxylic acids is 1. The molecular weight excluding hydrogens is 351 g/mol. The van der Waals surface area contributed by atoms with Crippen LogP contribution in [-0.4, -0.2) is 38.8 Å². The van der Waals surface area contributed by atoms with Crippen LogP contribution < -0.4 is 19.5 Å². The molecule has 1 heterocycles. The Balaban J connectivity index is 1.82. The van der Waals surface area contributed by atoms with Crippen molar-refractivity contribution in [1.29, 1.82) is 0 Å². The van der Waals surface area contributed by atoms with Gasteiger partial charge in [0, 0.05) is 23.9 Å². The summed E-state index contributed by atoms with van der Waals surface area (Å²) in [5, 5.41) is 2.76. The Morgan fingerprint density at radius 1 is 1.07 bits per heavy atom. The van der Waals surface area contributed by atoms with E-state index in [1.165, 1.54) is 19.2 Å². The fourth-order valence-corrected chi connectivity index (χ4v) is 3.37. The van der Waals surface area contributed by atoms with Gasteiger partial charge in [-0.1, -0.05) is 0 Å². The predicted octanol–water partition coefficient (Wildman–Crippen LogP) is 4.22. The van der Waals surface area contributed by atoms with E-state index in [-0.39, 0.29) is 17.8 Å². The predicted molar refractivity (Wildman–Crippen MR) is 100 cm³/mol. The summed E-state index contributed by atoms with van der Waals surface area (Å²) >= 11 is 0. The van der Waals surface area contributed by atoms with Crippen molar-refractivity contribution in [2.45, 2.75) is 18.9 Å². The number of urea groups is 1. The van der Waals surface area contributed by atoms with Gasteiger partial charge < -0.3 is 24.4 Å². The van der Waals surface area contributed by atoms with Crippen molar-refractivity contribution in [3.8, 4) is 17.2 Å². The van der Waals surface area contributed by atoms with E-state index in [1.807, 2.05) is 18.2 Å². The Kier molecular flexibility index (Phi) is 5.69. The number of halogens is 1. The second-order valence-electron chi connectivity index (χ2n) is 6.24. The second-order valence-corrected chi connectivity index (χ2v) is 6.24. The van der Waals surface area contributed by atoms with E-state index in [2.05, 4.69) is 5.32 Å².